The van der Waals surface area contributed by atoms with Crippen molar-refractivity contribution >= 4 is 17.3 Å². The summed E-state index contributed by atoms with van der Waals surface area (Å²) in [4.78, 5) is 10.6. The number of aryl methyl sites for hydroxylation is 2. The highest BCUT2D eigenvalue weighted by Gasteiger charge is 2.14. The van der Waals surface area contributed by atoms with Gasteiger partial charge in [0.1, 0.15) is 0 Å². The summed E-state index contributed by atoms with van der Waals surface area (Å²) in [5, 5.41) is 4.37. The third-order valence-corrected chi connectivity index (χ3v) is 4.22. The molecule has 106 valence electrons. The van der Waals surface area contributed by atoms with E-state index in [1.807, 2.05) is 11.3 Å². The Kier molecular flexibility index (Phi) is 4.45. The molecule has 3 N–H and O–H groups in total. The Bertz CT molecular complexity index is 433. The second-order valence-corrected chi connectivity index (χ2v) is 7.24. The first-order chi connectivity index (χ1) is 8.94. The van der Waals surface area contributed by atoms with Crippen LogP contribution in [0.2, 0.25) is 0 Å². The lowest BCUT2D eigenvalue weighted by Gasteiger charge is -2.20. The molecule has 1 aromatic heterocycles. The first-order valence-electron chi connectivity index (χ1n) is 6.99. The fourth-order valence-corrected chi connectivity index (χ4v) is 3.35. The van der Waals surface area contributed by atoms with Crippen molar-refractivity contribution in [3.8, 4) is 0 Å². The average molecular weight is 280 g/mol. The van der Waals surface area contributed by atoms with Crippen molar-refractivity contribution in [1.82, 2.24) is 10.3 Å². The predicted molar refractivity (Wildman–Crippen MR) is 81.8 cm³/mol. The van der Waals surface area contributed by atoms with Crippen LogP contribution in [0.15, 0.2) is 4.99 Å². The van der Waals surface area contributed by atoms with Gasteiger partial charge in [-0.05, 0) is 46.5 Å². The summed E-state index contributed by atoms with van der Waals surface area (Å²) >= 11 is 1.86. The summed E-state index contributed by atoms with van der Waals surface area (Å²) < 4.78 is 0. The first-order valence-corrected chi connectivity index (χ1v) is 7.81. The summed E-state index contributed by atoms with van der Waals surface area (Å²) in [7, 11) is 0. The van der Waals surface area contributed by atoms with Crippen LogP contribution in [-0.4, -0.2) is 23.0 Å². The number of nitrogens with zero attached hydrogens (tertiary/aromatic N) is 2. The molecule has 0 fully saturated rings. The first kappa shape index (κ1) is 14.3. The molecule has 0 unspecified atom stereocenters. The summed E-state index contributed by atoms with van der Waals surface area (Å²) in [6.45, 7) is 6.93. The van der Waals surface area contributed by atoms with E-state index < -0.39 is 0 Å². The minimum atomic E-state index is -0.0339. The Morgan fingerprint density at radius 2 is 2.11 bits per heavy atom. The molecule has 0 aliphatic heterocycles. The van der Waals surface area contributed by atoms with Gasteiger partial charge in [-0.15, -0.1) is 11.3 Å². The van der Waals surface area contributed by atoms with Crippen molar-refractivity contribution in [2.45, 2.75) is 58.4 Å². The van der Waals surface area contributed by atoms with Crippen LogP contribution in [0, 0.1) is 0 Å². The van der Waals surface area contributed by atoms with E-state index in [-0.39, 0.29) is 5.54 Å². The predicted octanol–water partition coefficient (Wildman–Crippen LogP) is 2.27. The molecule has 2 rings (SSSR count). The van der Waals surface area contributed by atoms with Crippen molar-refractivity contribution in [2.75, 3.05) is 6.54 Å². The molecule has 1 heterocycles. The molecular weight excluding hydrogens is 256 g/mol. The molecule has 0 spiro atoms. The molecule has 0 bridgehead atoms. The number of guanidine groups is 1. The van der Waals surface area contributed by atoms with Gasteiger partial charge in [-0.2, -0.15) is 0 Å². The van der Waals surface area contributed by atoms with E-state index in [0.717, 1.165) is 12.8 Å². The molecule has 0 saturated carbocycles. The van der Waals surface area contributed by atoms with E-state index in [1.165, 1.54) is 34.8 Å². The van der Waals surface area contributed by atoms with Gasteiger partial charge in [-0.3, -0.25) is 4.99 Å². The normalized spacial score (nSPS) is 16.3. The zero-order chi connectivity index (χ0) is 13.9. The van der Waals surface area contributed by atoms with Crippen LogP contribution in [-0.2, 0) is 19.3 Å². The number of aromatic nitrogens is 1. The van der Waals surface area contributed by atoms with Crippen LogP contribution < -0.4 is 11.1 Å². The maximum absolute atomic E-state index is 5.84. The van der Waals surface area contributed by atoms with Crippen LogP contribution in [0.4, 0.5) is 0 Å². The van der Waals surface area contributed by atoms with Gasteiger partial charge >= 0.3 is 0 Å². The van der Waals surface area contributed by atoms with Crippen molar-refractivity contribution in [3.05, 3.63) is 15.6 Å². The molecule has 1 aliphatic carbocycles. The van der Waals surface area contributed by atoms with Crippen molar-refractivity contribution in [2.24, 2.45) is 10.7 Å². The quantitative estimate of drug-likeness (QED) is 0.659. The molecule has 19 heavy (non-hydrogen) atoms. The molecule has 1 aromatic rings. The largest absolute Gasteiger partial charge is 0.370 e. The van der Waals surface area contributed by atoms with E-state index in [9.17, 15) is 0 Å². The Morgan fingerprint density at radius 3 is 2.79 bits per heavy atom. The number of nitrogens with one attached hydrogen (secondary N) is 1. The molecule has 0 aromatic carbocycles. The van der Waals surface area contributed by atoms with Gasteiger partial charge in [0.2, 0.25) is 0 Å². The fourth-order valence-electron chi connectivity index (χ4n) is 2.21. The summed E-state index contributed by atoms with van der Waals surface area (Å²) in [6.07, 6.45) is 5.86. The molecule has 0 atom stereocenters. The standard InChI is InChI=1S/C14H24N4S/c1-14(2,3)18-13(15)16-9-8-12-17-10-6-4-5-7-11(10)19-12/h4-9H2,1-3H3,(H3,15,16,18). The Balaban J connectivity index is 1.85. The minimum Gasteiger partial charge on any atom is -0.370 e. The molecule has 0 saturated heterocycles. The maximum Gasteiger partial charge on any atom is 0.188 e. The zero-order valence-corrected chi connectivity index (χ0v) is 12.9. The van der Waals surface area contributed by atoms with E-state index in [0.29, 0.717) is 12.5 Å². The van der Waals surface area contributed by atoms with Crippen LogP contribution in [0.25, 0.3) is 0 Å². The Labute approximate surface area is 119 Å². The average Bonchev–Trinajstić information content (AvgIpc) is 2.68. The van der Waals surface area contributed by atoms with E-state index in [4.69, 9.17) is 10.7 Å². The second kappa shape index (κ2) is 5.90. The lowest BCUT2D eigenvalue weighted by Crippen LogP contribution is -2.45. The van der Waals surface area contributed by atoms with Crippen LogP contribution in [0.1, 0.15) is 49.2 Å². The van der Waals surface area contributed by atoms with Crippen molar-refractivity contribution in [1.29, 1.82) is 0 Å². The van der Waals surface area contributed by atoms with Gasteiger partial charge in [0.25, 0.3) is 0 Å². The van der Waals surface area contributed by atoms with Gasteiger partial charge in [0.15, 0.2) is 5.96 Å². The van der Waals surface area contributed by atoms with Crippen LogP contribution >= 0.6 is 11.3 Å². The second-order valence-electron chi connectivity index (χ2n) is 6.08. The number of thiazole rings is 1. The van der Waals surface area contributed by atoms with Crippen molar-refractivity contribution in [3.63, 3.8) is 0 Å². The number of hydrogen-bond acceptors (Lipinski definition) is 3. The third kappa shape index (κ3) is 4.49. The van der Waals surface area contributed by atoms with Gasteiger partial charge < -0.3 is 11.1 Å². The van der Waals surface area contributed by atoms with Gasteiger partial charge in [-0.25, -0.2) is 4.98 Å². The highest BCUT2D eigenvalue weighted by molar-refractivity contribution is 7.11. The number of nitrogens with two attached hydrogens (primary N) is 1. The number of rotatable bonds is 3. The minimum absolute atomic E-state index is 0.0339. The molecule has 5 heteroatoms. The number of aliphatic imine (C=N–C) groups is 1. The van der Waals surface area contributed by atoms with E-state index >= 15 is 0 Å². The van der Waals surface area contributed by atoms with Gasteiger partial charge in [0, 0.05) is 23.4 Å². The Hall–Kier alpha value is -1.10. The molecule has 1 aliphatic rings. The SMILES string of the molecule is CC(C)(C)NC(N)=NCCc1nc2c(s1)CCCC2. The summed E-state index contributed by atoms with van der Waals surface area (Å²) in [5.41, 5.74) is 7.14. The monoisotopic (exact) mass is 280 g/mol. The van der Waals surface area contributed by atoms with Crippen LogP contribution in [0.3, 0.4) is 0 Å². The Morgan fingerprint density at radius 1 is 1.37 bits per heavy atom. The van der Waals surface area contributed by atoms with Gasteiger partial charge in [0.05, 0.1) is 10.7 Å². The fraction of sp³-hybridized carbons (Fsp3) is 0.714. The molecular formula is C14H24N4S. The van der Waals surface area contributed by atoms with Crippen LogP contribution in [0.5, 0.6) is 0 Å². The topological polar surface area (TPSA) is 63.3 Å². The van der Waals surface area contributed by atoms with E-state index in [2.05, 4.69) is 31.1 Å². The van der Waals surface area contributed by atoms with Crippen molar-refractivity contribution < 1.29 is 0 Å². The lowest BCUT2D eigenvalue weighted by molar-refractivity contribution is 0.508. The summed E-state index contributed by atoms with van der Waals surface area (Å²) in [5.74, 6) is 0.522. The third-order valence-electron chi connectivity index (χ3n) is 3.00. The van der Waals surface area contributed by atoms with E-state index in [1.54, 1.807) is 0 Å². The molecule has 0 radical (unpaired) electrons. The molecule has 4 nitrogen and oxygen atoms in total. The van der Waals surface area contributed by atoms with Gasteiger partial charge in [-0.1, -0.05) is 0 Å². The molecule has 0 amide bonds. The number of fused-ring (bicyclic) bond motifs is 1. The maximum atomic E-state index is 5.84. The highest BCUT2D eigenvalue weighted by atomic mass is 32.1. The smallest absolute Gasteiger partial charge is 0.188 e. The lowest BCUT2D eigenvalue weighted by atomic mass is 10.0. The number of hydrogen-bond donors (Lipinski definition) is 2. The highest BCUT2D eigenvalue weighted by Crippen LogP contribution is 2.26. The zero-order valence-electron chi connectivity index (χ0n) is 12.1. The summed E-state index contributed by atoms with van der Waals surface area (Å²) in [6, 6.07) is 0.